The maximum atomic E-state index is 15.1. The van der Waals surface area contributed by atoms with Crippen LogP contribution < -0.4 is 10.6 Å². The second-order valence-corrected chi connectivity index (χ2v) is 12.9. The van der Waals surface area contributed by atoms with Crippen molar-refractivity contribution in [3.05, 3.63) is 51.9 Å². The lowest BCUT2D eigenvalue weighted by atomic mass is 9.95. The van der Waals surface area contributed by atoms with Crippen molar-refractivity contribution in [2.75, 3.05) is 38.3 Å². The number of nitrogens with zero attached hydrogens (tertiary/aromatic N) is 4. The number of anilines is 1. The molecule has 2 aliphatic rings. The summed E-state index contributed by atoms with van der Waals surface area (Å²) in [5.41, 5.74) is -3.26. The van der Waals surface area contributed by atoms with Crippen LogP contribution in [0, 0.1) is 11.6 Å². The summed E-state index contributed by atoms with van der Waals surface area (Å²) in [6, 6.07) is 2.85. The smallest absolute Gasteiger partial charge is 0.417 e. The van der Waals surface area contributed by atoms with Crippen molar-refractivity contribution in [3.63, 3.8) is 0 Å². The Morgan fingerprint density at radius 2 is 1.84 bits per heavy atom. The van der Waals surface area contributed by atoms with Gasteiger partial charge < -0.3 is 19.3 Å². The van der Waals surface area contributed by atoms with E-state index in [4.69, 9.17) is 9.47 Å². The number of alkyl halides is 3. The first-order valence-electron chi connectivity index (χ1n) is 13.6. The van der Waals surface area contributed by atoms with E-state index >= 15 is 4.39 Å². The third-order valence-corrected chi connectivity index (χ3v) is 8.53. The maximum absolute atomic E-state index is 15.1. The van der Waals surface area contributed by atoms with Gasteiger partial charge in [0.15, 0.2) is 0 Å². The topological polar surface area (TPSA) is 76.9 Å². The molecule has 232 valence electrons. The van der Waals surface area contributed by atoms with Gasteiger partial charge in [0.05, 0.1) is 22.9 Å². The molecule has 3 aromatic rings. The number of carbonyl (C=O) groups excluding carboxylic acids is 1. The molecule has 43 heavy (non-hydrogen) atoms. The van der Waals surface area contributed by atoms with Crippen molar-refractivity contribution in [3.8, 4) is 11.1 Å². The minimum atomic E-state index is -4.94. The number of piperazine rings is 1. The quantitative estimate of drug-likeness (QED) is 0.333. The SMILES string of the molecule is COC[C@@H]1Cn2c(=O)nc(N3CCN(C(=O)OC(C)(C)C)C[C@@H]3C)c3cc(C(F)(F)F)c(-c4ccc(F)cc4F)c(c32)S1. The van der Waals surface area contributed by atoms with E-state index in [-0.39, 0.29) is 54.4 Å². The molecule has 0 radical (unpaired) electrons. The average Bonchev–Trinajstić information content (AvgIpc) is 2.89. The molecule has 1 amide bonds. The fraction of sp³-hybridized carbons (Fsp3) is 0.483. The van der Waals surface area contributed by atoms with Gasteiger partial charge in [0.2, 0.25) is 0 Å². The molecule has 5 rings (SSSR count). The monoisotopic (exact) mass is 626 g/mol. The Kier molecular flexibility index (Phi) is 8.14. The summed E-state index contributed by atoms with van der Waals surface area (Å²) in [5.74, 6) is -2.06. The molecule has 0 N–H and O–H groups in total. The highest BCUT2D eigenvalue weighted by Crippen LogP contribution is 2.50. The van der Waals surface area contributed by atoms with Gasteiger partial charge in [-0.15, -0.1) is 11.8 Å². The van der Waals surface area contributed by atoms with E-state index in [1.54, 1.807) is 32.6 Å². The Hall–Kier alpha value is -3.39. The molecule has 3 heterocycles. The number of aromatic nitrogens is 2. The Balaban J connectivity index is 1.72. The molecule has 2 aromatic carbocycles. The number of hydrogen-bond acceptors (Lipinski definition) is 7. The molecule has 0 saturated carbocycles. The molecule has 0 aliphatic carbocycles. The van der Waals surface area contributed by atoms with E-state index in [2.05, 4.69) is 4.98 Å². The zero-order valence-electron chi connectivity index (χ0n) is 24.2. The number of thioether (sulfide) groups is 1. The van der Waals surface area contributed by atoms with Gasteiger partial charge in [-0.05, 0) is 45.9 Å². The standard InChI is InChI=1S/C29H31F5N4O4S/c1-15-12-36(27(40)42-28(2,3)4)8-9-37(15)25-19-11-20(29(32,33)34)22(18-7-6-16(30)10-21(18)31)24-23(19)38(26(39)35-25)13-17(43-24)14-41-5/h6-7,10-11,15,17H,8-9,12-14H2,1-5H3/t15-,17-/m0/s1. The summed E-state index contributed by atoms with van der Waals surface area (Å²) in [4.78, 5) is 33.7. The molecule has 2 aliphatic heterocycles. The summed E-state index contributed by atoms with van der Waals surface area (Å²) in [6.45, 7) is 7.77. The first-order valence-corrected chi connectivity index (χ1v) is 14.5. The van der Waals surface area contributed by atoms with Gasteiger partial charge in [-0.3, -0.25) is 4.57 Å². The second kappa shape index (κ2) is 11.3. The van der Waals surface area contributed by atoms with E-state index in [0.717, 1.165) is 30.0 Å². The summed E-state index contributed by atoms with van der Waals surface area (Å²) in [5, 5.41) is -0.415. The van der Waals surface area contributed by atoms with Crippen molar-refractivity contribution in [2.45, 2.75) is 62.2 Å². The van der Waals surface area contributed by atoms with E-state index in [9.17, 15) is 27.2 Å². The molecule has 0 spiro atoms. The van der Waals surface area contributed by atoms with Gasteiger partial charge >= 0.3 is 18.0 Å². The van der Waals surface area contributed by atoms with Gasteiger partial charge in [-0.2, -0.15) is 18.2 Å². The lowest BCUT2D eigenvalue weighted by Gasteiger charge is -2.41. The third kappa shape index (κ3) is 6.03. The van der Waals surface area contributed by atoms with Crippen LogP contribution in [0.5, 0.6) is 0 Å². The van der Waals surface area contributed by atoms with Crippen LogP contribution in [0.25, 0.3) is 22.0 Å². The summed E-state index contributed by atoms with van der Waals surface area (Å²) < 4.78 is 85.2. The number of amides is 1. The Morgan fingerprint density at radius 3 is 2.44 bits per heavy atom. The molecule has 0 unspecified atom stereocenters. The number of hydrogen-bond donors (Lipinski definition) is 0. The number of methoxy groups -OCH3 is 1. The van der Waals surface area contributed by atoms with E-state index in [1.165, 1.54) is 16.6 Å². The van der Waals surface area contributed by atoms with Crippen molar-refractivity contribution in [1.29, 1.82) is 0 Å². The number of rotatable bonds is 4. The number of ether oxygens (including phenoxy) is 2. The number of carbonyl (C=O) groups is 1. The normalized spacial score (nSPS) is 19.2. The Bertz CT molecular complexity index is 1640. The maximum Gasteiger partial charge on any atom is 0.417 e. The van der Waals surface area contributed by atoms with Crippen LogP contribution in [-0.4, -0.2) is 70.8 Å². The summed E-state index contributed by atoms with van der Waals surface area (Å²) in [6.07, 6.45) is -5.45. The van der Waals surface area contributed by atoms with Gasteiger partial charge in [-0.25, -0.2) is 18.4 Å². The van der Waals surface area contributed by atoms with Crippen LogP contribution in [0.4, 0.5) is 32.6 Å². The van der Waals surface area contributed by atoms with E-state index in [1.807, 2.05) is 0 Å². The zero-order chi connectivity index (χ0) is 31.4. The molecular weight excluding hydrogens is 595 g/mol. The highest BCUT2D eigenvalue weighted by molar-refractivity contribution is 8.00. The molecule has 14 heteroatoms. The molecule has 1 aromatic heterocycles. The van der Waals surface area contributed by atoms with E-state index < -0.39 is 63.2 Å². The van der Waals surface area contributed by atoms with Crippen molar-refractivity contribution in [1.82, 2.24) is 14.5 Å². The van der Waals surface area contributed by atoms with Crippen LogP contribution in [0.1, 0.15) is 33.3 Å². The summed E-state index contributed by atoms with van der Waals surface area (Å²) >= 11 is 1.05. The number of benzene rings is 2. The summed E-state index contributed by atoms with van der Waals surface area (Å²) in [7, 11) is 1.43. The minimum Gasteiger partial charge on any atom is -0.444 e. The predicted molar refractivity (Wildman–Crippen MR) is 152 cm³/mol. The van der Waals surface area contributed by atoms with Crippen molar-refractivity contribution >= 4 is 34.6 Å². The lowest BCUT2D eigenvalue weighted by Crippen LogP contribution is -2.55. The fourth-order valence-corrected chi connectivity index (χ4v) is 6.95. The average molecular weight is 627 g/mol. The molecule has 1 saturated heterocycles. The Morgan fingerprint density at radius 1 is 1.12 bits per heavy atom. The third-order valence-electron chi connectivity index (χ3n) is 7.28. The Labute approximate surface area is 248 Å². The van der Waals surface area contributed by atoms with E-state index in [0.29, 0.717) is 6.07 Å². The van der Waals surface area contributed by atoms with Gasteiger partial charge in [-0.1, -0.05) is 0 Å². The van der Waals surface area contributed by atoms with Crippen LogP contribution in [0.15, 0.2) is 34.0 Å². The van der Waals surface area contributed by atoms with Crippen LogP contribution >= 0.6 is 11.8 Å². The number of halogens is 5. The van der Waals surface area contributed by atoms with Gasteiger partial charge in [0, 0.05) is 66.8 Å². The van der Waals surface area contributed by atoms with Crippen LogP contribution in [0.3, 0.4) is 0 Å². The van der Waals surface area contributed by atoms with Crippen molar-refractivity contribution < 1.29 is 36.2 Å². The fourth-order valence-electron chi connectivity index (χ4n) is 5.52. The lowest BCUT2D eigenvalue weighted by molar-refractivity contribution is -0.137. The largest absolute Gasteiger partial charge is 0.444 e. The minimum absolute atomic E-state index is 0.0319. The first-order chi connectivity index (χ1) is 20.1. The molecular formula is C29H31F5N4O4S. The molecule has 8 nitrogen and oxygen atoms in total. The second-order valence-electron chi connectivity index (χ2n) is 11.6. The van der Waals surface area contributed by atoms with Gasteiger partial charge in [0.25, 0.3) is 0 Å². The molecule has 0 bridgehead atoms. The first kappa shape index (κ1) is 31.0. The highest BCUT2D eigenvalue weighted by atomic mass is 32.2. The predicted octanol–water partition coefficient (Wildman–Crippen LogP) is 5.93. The van der Waals surface area contributed by atoms with Crippen molar-refractivity contribution in [2.24, 2.45) is 0 Å². The van der Waals surface area contributed by atoms with Crippen LogP contribution in [-0.2, 0) is 22.2 Å². The van der Waals surface area contributed by atoms with Crippen LogP contribution in [0.2, 0.25) is 0 Å². The highest BCUT2D eigenvalue weighted by Gasteiger charge is 2.40. The molecule has 1 fully saturated rings. The van der Waals surface area contributed by atoms with Gasteiger partial charge in [0.1, 0.15) is 23.1 Å². The zero-order valence-corrected chi connectivity index (χ0v) is 25.0. The molecule has 2 atom stereocenters.